The molecule has 2 aromatic carbocycles. The fourth-order valence-electron chi connectivity index (χ4n) is 4.39. The van der Waals surface area contributed by atoms with E-state index in [2.05, 4.69) is 17.6 Å². The summed E-state index contributed by atoms with van der Waals surface area (Å²) in [5.74, 6) is 0.716. The Morgan fingerprint density at radius 3 is 2.90 bits per heavy atom. The molecule has 0 saturated heterocycles. The van der Waals surface area contributed by atoms with Crippen LogP contribution in [0.15, 0.2) is 66.0 Å². The summed E-state index contributed by atoms with van der Waals surface area (Å²) >= 11 is 0. The summed E-state index contributed by atoms with van der Waals surface area (Å²) in [6, 6.07) is 15.4. The number of hydrogen-bond acceptors (Lipinski definition) is 3. The van der Waals surface area contributed by atoms with Gasteiger partial charge in [-0.2, -0.15) is 0 Å². The number of methoxy groups -OCH3 is 1. The lowest BCUT2D eigenvalue weighted by Gasteiger charge is -2.26. The first-order chi connectivity index (χ1) is 14.1. The minimum Gasteiger partial charge on any atom is -0.497 e. The number of nitrogens with one attached hydrogen (secondary N) is 1. The average molecular weight is 387 g/mol. The summed E-state index contributed by atoms with van der Waals surface area (Å²) < 4.78 is 8.46. The third-order valence-corrected chi connectivity index (χ3v) is 5.69. The highest BCUT2D eigenvalue weighted by atomic mass is 16.5. The van der Waals surface area contributed by atoms with E-state index in [1.807, 2.05) is 42.5 Å². The Morgan fingerprint density at radius 1 is 1.28 bits per heavy atom. The highest BCUT2D eigenvalue weighted by molar-refractivity contribution is 5.86. The van der Waals surface area contributed by atoms with Gasteiger partial charge in [0, 0.05) is 29.6 Å². The van der Waals surface area contributed by atoms with Crippen LogP contribution in [0.5, 0.6) is 11.6 Å². The predicted octanol–water partition coefficient (Wildman–Crippen LogP) is 3.57. The van der Waals surface area contributed by atoms with E-state index in [4.69, 9.17) is 4.74 Å². The van der Waals surface area contributed by atoms with Crippen molar-refractivity contribution >= 4 is 10.9 Å². The molecule has 2 aromatic heterocycles. The van der Waals surface area contributed by atoms with E-state index in [-0.39, 0.29) is 24.2 Å². The first-order valence-corrected chi connectivity index (χ1v) is 9.51. The summed E-state index contributed by atoms with van der Waals surface area (Å²) in [6.07, 6.45) is 2.09. The molecule has 29 heavy (non-hydrogen) atoms. The second-order valence-electron chi connectivity index (χ2n) is 7.24. The van der Waals surface area contributed by atoms with Crippen LogP contribution < -0.4 is 10.4 Å². The summed E-state index contributed by atoms with van der Waals surface area (Å²) in [7, 11) is 1.62. The van der Waals surface area contributed by atoms with Gasteiger partial charge in [0.05, 0.1) is 12.8 Å². The second kappa shape index (κ2) is 6.44. The van der Waals surface area contributed by atoms with Crippen LogP contribution in [0.25, 0.3) is 10.9 Å². The molecular weight excluding hydrogens is 366 g/mol. The highest BCUT2D eigenvalue weighted by Crippen LogP contribution is 2.41. The Balaban J connectivity index is 1.84. The number of allylic oxidation sites excluding steroid dienone is 1. The SMILES string of the molecule is C=CCn1c(O)c2n(c1=O)C(c1cccc(OC)c1)c1[nH]c3ccccc3c1C2. The third-order valence-electron chi connectivity index (χ3n) is 5.69. The molecule has 0 radical (unpaired) electrons. The molecule has 3 heterocycles. The quantitative estimate of drug-likeness (QED) is 0.463. The summed E-state index contributed by atoms with van der Waals surface area (Å²) in [6.45, 7) is 3.97. The van der Waals surface area contributed by atoms with Crippen molar-refractivity contribution < 1.29 is 9.84 Å². The van der Waals surface area contributed by atoms with Gasteiger partial charge in [-0.05, 0) is 29.3 Å². The minimum absolute atomic E-state index is 0.00118. The van der Waals surface area contributed by atoms with Gasteiger partial charge in [0.25, 0.3) is 0 Å². The van der Waals surface area contributed by atoms with Crippen molar-refractivity contribution in [3.8, 4) is 11.6 Å². The normalized spacial score (nSPS) is 15.1. The summed E-state index contributed by atoms with van der Waals surface area (Å²) in [5.41, 5.74) is 4.35. The lowest BCUT2D eigenvalue weighted by molar-refractivity contribution is 0.413. The third kappa shape index (κ3) is 2.45. The Labute approximate surface area is 167 Å². The van der Waals surface area contributed by atoms with Crippen LogP contribution in [-0.4, -0.2) is 26.3 Å². The van der Waals surface area contributed by atoms with Gasteiger partial charge in [-0.3, -0.25) is 9.13 Å². The number of ether oxygens (including phenoxy) is 1. The van der Waals surface area contributed by atoms with Gasteiger partial charge in [0.15, 0.2) is 0 Å². The van der Waals surface area contributed by atoms with Crippen molar-refractivity contribution in [2.75, 3.05) is 7.11 Å². The number of hydrogen-bond donors (Lipinski definition) is 2. The number of H-pyrrole nitrogens is 1. The van der Waals surface area contributed by atoms with E-state index in [0.29, 0.717) is 12.1 Å². The molecule has 0 bridgehead atoms. The van der Waals surface area contributed by atoms with E-state index in [1.165, 1.54) is 4.57 Å². The molecule has 1 atom stereocenters. The molecule has 0 fully saturated rings. The molecule has 0 aliphatic carbocycles. The van der Waals surface area contributed by atoms with Crippen molar-refractivity contribution in [3.63, 3.8) is 0 Å². The maximum Gasteiger partial charge on any atom is 0.332 e. The molecule has 6 nitrogen and oxygen atoms in total. The number of fused-ring (bicyclic) bond motifs is 4. The number of aromatic hydroxyl groups is 1. The molecule has 0 saturated carbocycles. The van der Waals surface area contributed by atoms with Crippen molar-refractivity contribution in [2.24, 2.45) is 0 Å². The Bertz CT molecular complexity index is 1310. The van der Waals surface area contributed by atoms with Gasteiger partial charge in [-0.15, -0.1) is 6.58 Å². The Hall–Kier alpha value is -3.67. The zero-order chi connectivity index (χ0) is 20.1. The van der Waals surface area contributed by atoms with Crippen molar-refractivity contribution in [1.29, 1.82) is 0 Å². The number of nitrogens with zero attached hydrogens (tertiary/aromatic N) is 2. The smallest absolute Gasteiger partial charge is 0.332 e. The van der Waals surface area contributed by atoms with Crippen LogP contribution in [0, 0.1) is 0 Å². The van der Waals surface area contributed by atoms with Gasteiger partial charge in [-0.25, -0.2) is 4.79 Å². The zero-order valence-electron chi connectivity index (χ0n) is 16.1. The first-order valence-electron chi connectivity index (χ1n) is 9.51. The van der Waals surface area contributed by atoms with E-state index >= 15 is 0 Å². The lowest BCUT2D eigenvalue weighted by atomic mass is 9.93. The number of rotatable bonds is 4. The number of imidazole rings is 1. The molecule has 2 N–H and O–H groups in total. The largest absolute Gasteiger partial charge is 0.497 e. The summed E-state index contributed by atoms with van der Waals surface area (Å²) in [5, 5.41) is 11.9. The molecule has 1 aliphatic rings. The van der Waals surface area contributed by atoms with Crippen LogP contribution >= 0.6 is 0 Å². The van der Waals surface area contributed by atoms with Crippen molar-refractivity contribution in [1.82, 2.24) is 14.1 Å². The van der Waals surface area contributed by atoms with Gasteiger partial charge < -0.3 is 14.8 Å². The van der Waals surface area contributed by atoms with Gasteiger partial charge in [0.1, 0.15) is 11.8 Å². The summed E-state index contributed by atoms with van der Waals surface area (Å²) in [4.78, 5) is 16.8. The highest BCUT2D eigenvalue weighted by Gasteiger charge is 2.35. The Kier molecular flexibility index (Phi) is 3.87. The molecule has 1 aliphatic heterocycles. The Morgan fingerprint density at radius 2 is 2.10 bits per heavy atom. The molecule has 5 rings (SSSR count). The topological polar surface area (TPSA) is 72.2 Å². The van der Waals surface area contributed by atoms with Gasteiger partial charge in [-0.1, -0.05) is 36.4 Å². The maximum absolute atomic E-state index is 13.3. The standard InChI is InChI=1S/C23H21N3O3/c1-3-11-25-22(27)19-13-17-16-9-4-5-10-18(16)24-20(17)21(26(19)23(25)28)14-7-6-8-15(12-14)29-2/h3-10,12,21,24,27H,1,11,13H2,2H3. The molecule has 0 spiro atoms. The first kappa shape index (κ1) is 17.4. The molecule has 1 unspecified atom stereocenters. The van der Waals surface area contributed by atoms with Crippen LogP contribution in [0.4, 0.5) is 0 Å². The number of benzene rings is 2. The van der Waals surface area contributed by atoms with Crippen LogP contribution in [0.1, 0.15) is 28.6 Å². The zero-order valence-corrected chi connectivity index (χ0v) is 16.1. The monoisotopic (exact) mass is 387 g/mol. The average Bonchev–Trinajstić information content (AvgIpc) is 3.23. The second-order valence-corrected chi connectivity index (χ2v) is 7.24. The molecule has 6 heteroatoms. The van der Waals surface area contributed by atoms with E-state index in [1.54, 1.807) is 17.8 Å². The fraction of sp³-hybridized carbons (Fsp3) is 0.174. The van der Waals surface area contributed by atoms with Gasteiger partial charge >= 0.3 is 5.69 Å². The van der Waals surface area contributed by atoms with Gasteiger partial charge in [0.2, 0.25) is 5.88 Å². The number of aromatic nitrogens is 3. The van der Waals surface area contributed by atoms with E-state index in [0.717, 1.165) is 33.5 Å². The van der Waals surface area contributed by atoms with E-state index < -0.39 is 0 Å². The minimum atomic E-state index is -0.388. The molecular formula is C23H21N3O3. The lowest BCUT2D eigenvalue weighted by Crippen LogP contribution is -2.32. The molecule has 146 valence electrons. The fourth-order valence-corrected chi connectivity index (χ4v) is 4.39. The molecule has 0 amide bonds. The van der Waals surface area contributed by atoms with Crippen molar-refractivity contribution in [3.05, 3.63) is 94.2 Å². The van der Waals surface area contributed by atoms with Crippen LogP contribution in [0.2, 0.25) is 0 Å². The van der Waals surface area contributed by atoms with Crippen LogP contribution in [0.3, 0.4) is 0 Å². The molecule has 4 aromatic rings. The predicted molar refractivity (Wildman–Crippen MR) is 112 cm³/mol. The number of para-hydroxylation sites is 1. The number of aromatic amines is 1. The van der Waals surface area contributed by atoms with E-state index in [9.17, 15) is 9.90 Å². The van der Waals surface area contributed by atoms with Crippen molar-refractivity contribution in [2.45, 2.75) is 19.0 Å². The van der Waals surface area contributed by atoms with Crippen LogP contribution in [-0.2, 0) is 13.0 Å². The maximum atomic E-state index is 13.3.